The third-order valence-corrected chi connectivity index (χ3v) is 3.10. The largest absolute Gasteiger partial charge is 0.340 e. The van der Waals surface area contributed by atoms with Gasteiger partial charge in [0.2, 0.25) is 5.95 Å². The summed E-state index contributed by atoms with van der Waals surface area (Å²) in [5.74, 6) is 2.24. The zero-order valence-electron chi connectivity index (χ0n) is 7.30. The molecule has 0 bridgehead atoms. The summed E-state index contributed by atoms with van der Waals surface area (Å²) < 4.78 is 0. The second kappa shape index (κ2) is 2.42. The quantitative estimate of drug-likeness (QED) is 0.647. The van der Waals surface area contributed by atoms with Gasteiger partial charge in [0.15, 0.2) is 0 Å². The van der Waals surface area contributed by atoms with Crippen molar-refractivity contribution in [2.24, 2.45) is 17.6 Å². The Hall–Kier alpha value is -1.16. The highest BCUT2D eigenvalue weighted by atomic mass is 15.3. The molecule has 2 atom stereocenters. The number of rotatable bonds is 1. The molecular weight excluding hydrogens is 164 g/mol. The van der Waals surface area contributed by atoms with Gasteiger partial charge in [0.25, 0.3) is 0 Å². The Kier molecular flexibility index (Phi) is 1.35. The summed E-state index contributed by atoms with van der Waals surface area (Å²) in [7, 11) is 0. The molecule has 1 saturated heterocycles. The molecule has 4 nitrogen and oxygen atoms in total. The Bertz CT molecular complexity index is 301. The van der Waals surface area contributed by atoms with Gasteiger partial charge in [-0.25, -0.2) is 9.97 Å². The molecule has 0 aromatic carbocycles. The van der Waals surface area contributed by atoms with E-state index < -0.39 is 0 Å². The van der Waals surface area contributed by atoms with Crippen LogP contribution in [0.5, 0.6) is 0 Å². The third-order valence-electron chi connectivity index (χ3n) is 3.10. The van der Waals surface area contributed by atoms with Gasteiger partial charge in [-0.15, -0.1) is 0 Å². The summed E-state index contributed by atoms with van der Waals surface area (Å²) >= 11 is 0. The molecule has 3 rings (SSSR count). The molecule has 1 aliphatic heterocycles. The van der Waals surface area contributed by atoms with Crippen LogP contribution in [0, 0.1) is 11.8 Å². The number of fused-ring (bicyclic) bond motifs is 1. The van der Waals surface area contributed by atoms with E-state index in [2.05, 4.69) is 14.9 Å². The molecule has 2 heterocycles. The van der Waals surface area contributed by atoms with E-state index in [0.717, 1.165) is 19.0 Å². The van der Waals surface area contributed by atoms with Crippen molar-refractivity contribution in [3.05, 3.63) is 18.5 Å². The van der Waals surface area contributed by atoms with Crippen molar-refractivity contribution in [1.29, 1.82) is 0 Å². The number of aromatic nitrogens is 2. The first-order valence-corrected chi connectivity index (χ1v) is 4.64. The van der Waals surface area contributed by atoms with E-state index >= 15 is 0 Å². The SMILES string of the molecule is NC1[C@@H]2CN(c3ncccn3)C[C@@H]12. The zero-order chi connectivity index (χ0) is 8.84. The summed E-state index contributed by atoms with van der Waals surface area (Å²) in [4.78, 5) is 10.7. The number of piperidine rings is 1. The van der Waals surface area contributed by atoms with Crippen molar-refractivity contribution < 1.29 is 0 Å². The van der Waals surface area contributed by atoms with E-state index in [1.54, 1.807) is 12.4 Å². The molecule has 1 saturated carbocycles. The van der Waals surface area contributed by atoms with E-state index in [1.807, 2.05) is 6.07 Å². The molecule has 0 unspecified atom stereocenters. The van der Waals surface area contributed by atoms with Crippen LogP contribution in [0.4, 0.5) is 5.95 Å². The van der Waals surface area contributed by atoms with E-state index in [-0.39, 0.29) is 0 Å². The Balaban J connectivity index is 1.76. The van der Waals surface area contributed by atoms with E-state index in [4.69, 9.17) is 5.73 Å². The predicted molar refractivity (Wildman–Crippen MR) is 49.2 cm³/mol. The van der Waals surface area contributed by atoms with Gasteiger partial charge in [-0.2, -0.15) is 0 Å². The lowest BCUT2D eigenvalue weighted by atomic mass is 10.4. The minimum Gasteiger partial charge on any atom is -0.340 e. The van der Waals surface area contributed by atoms with Crippen molar-refractivity contribution in [3.8, 4) is 0 Å². The molecule has 13 heavy (non-hydrogen) atoms. The van der Waals surface area contributed by atoms with Gasteiger partial charge < -0.3 is 10.6 Å². The van der Waals surface area contributed by atoms with Crippen molar-refractivity contribution in [3.63, 3.8) is 0 Å². The fraction of sp³-hybridized carbons (Fsp3) is 0.556. The van der Waals surface area contributed by atoms with Gasteiger partial charge in [0.1, 0.15) is 0 Å². The third kappa shape index (κ3) is 1.02. The highest BCUT2D eigenvalue weighted by Crippen LogP contribution is 2.44. The molecule has 1 aromatic rings. The second-order valence-corrected chi connectivity index (χ2v) is 3.86. The van der Waals surface area contributed by atoms with Crippen LogP contribution < -0.4 is 10.6 Å². The summed E-state index contributed by atoms with van der Waals surface area (Å²) in [6.45, 7) is 2.08. The average Bonchev–Trinajstić information content (AvgIpc) is 2.67. The Morgan fingerprint density at radius 1 is 1.23 bits per heavy atom. The number of hydrogen-bond donors (Lipinski definition) is 1. The Morgan fingerprint density at radius 3 is 2.46 bits per heavy atom. The number of hydrogen-bond acceptors (Lipinski definition) is 4. The predicted octanol–water partition coefficient (Wildman–Crippen LogP) is -0.130. The van der Waals surface area contributed by atoms with Crippen molar-refractivity contribution in [2.75, 3.05) is 18.0 Å². The minimum absolute atomic E-state index is 0.444. The van der Waals surface area contributed by atoms with Crippen molar-refractivity contribution in [2.45, 2.75) is 6.04 Å². The van der Waals surface area contributed by atoms with Gasteiger partial charge >= 0.3 is 0 Å². The second-order valence-electron chi connectivity index (χ2n) is 3.86. The molecular formula is C9H12N4. The van der Waals surface area contributed by atoms with Crippen LogP contribution in [0.3, 0.4) is 0 Å². The van der Waals surface area contributed by atoms with Crippen LogP contribution >= 0.6 is 0 Å². The smallest absolute Gasteiger partial charge is 0.225 e. The van der Waals surface area contributed by atoms with E-state index in [9.17, 15) is 0 Å². The van der Waals surface area contributed by atoms with Gasteiger partial charge in [0.05, 0.1) is 0 Å². The molecule has 1 aromatic heterocycles. The lowest BCUT2D eigenvalue weighted by Crippen LogP contribution is -2.29. The first-order chi connectivity index (χ1) is 6.36. The molecule has 2 fully saturated rings. The van der Waals surface area contributed by atoms with Gasteiger partial charge in [0, 0.05) is 31.5 Å². The number of nitrogens with two attached hydrogens (primary N) is 1. The maximum atomic E-state index is 5.84. The van der Waals surface area contributed by atoms with Gasteiger partial charge in [-0.3, -0.25) is 0 Å². The van der Waals surface area contributed by atoms with Crippen LogP contribution in [0.2, 0.25) is 0 Å². The maximum absolute atomic E-state index is 5.84. The fourth-order valence-corrected chi connectivity index (χ4v) is 2.19. The van der Waals surface area contributed by atoms with Crippen molar-refractivity contribution >= 4 is 5.95 Å². The molecule has 68 valence electrons. The Morgan fingerprint density at radius 2 is 1.85 bits per heavy atom. The van der Waals surface area contributed by atoms with Crippen LogP contribution in [0.15, 0.2) is 18.5 Å². The van der Waals surface area contributed by atoms with Crippen molar-refractivity contribution in [1.82, 2.24) is 9.97 Å². The maximum Gasteiger partial charge on any atom is 0.225 e. The topological polar surface area (TPSA) is 55.0 Å². The standard InChI is InChI=1S/C9H12N4/c10-8-6-4-13(5-7(6)8)9-11-2-1-3-12-9/h1-3,6-8H,4-5,10H2/t6-,7-/m1/s1. The van der Waals surface area contributed by atoms with Crippen LogP contribution in [-0.4, -0.2) is 29.1 Å². The summed E-state index contributed by atoms with van der Waals surface area (Å²) in [5.41, 5.74) is 5.84. The molecule has 2 N–H and O–H groups in total. The lowest BCUT2D eigenvalue weighted by molar-refractivity contribution is 0.725. The molecule has 0 spiro atoms. The zero-order valence-corrected chi connectivity index (χ0v) is 7.30. The summed E-state index contributed by atoms with van der Waals surface area (Å²) in [6, 6.07) is 2.28. The summed E-state index contributed by atoms with van der Waals surface area (Å²) in [6.07, 6.45) is 3.57. The molecule has 1 aliphatic carbocycles. The minimum atomic E-state index is 0.444. The monoisotopic (exact) mass is 176 g/mol. The van der Waals surface area contributed by atoms with Gasteiger partial charge in [-0.1, -0.05) is 0 Å². The first-order valence-electron chi connectivity index (χ1n) is 4.64. The molecule has 2 aliphatic rings. The van der Waals surface area contributed by atoms with Gasteiger partial charge in [-0.05, 0) is 17.9 Å². The van der Waals surface area contributed by atoms with Crippen LogP contribution in [-0.2, 0) is 0 Å². The first kappa shape index (κ1) is 7.26. The molecule has 0 amide bonds. The van der Waals surface area contributed by atoms with Crippen LogP contribution in [0.25, 0.3) is 0 Å². The number of nitrogens with zero attached hydrogens (tertiary/aromatic N) is 3. The fourth-order valence-electron chi connectivity index (χ4n) is 2.19. The highest BCUT2D eigenvalue weighted by molar-refractivity contribution is 5.35. The molecule has 4 heteroatoms. The Labute approximate surface area is 76.8 Å². The normalized spacial score (nSPS) is 36.1. The number of anilines is 1. The summed E-state index contributed by atoms with van der Waals surface area (Å²) in [5, 5.41) is 0. The average molecular weight is 176 g/mol. The highest BCUT2D eigenvalue weighted by Gasteiger charge is 2.54. The lowest BCUT2D eigenvalue weighted by Gasteiger charge is -2.17. The van der Waals surface area contributed by atoms with Crippen LogP contribution in [0.1, 0.15) is 0 Å². The van der Waals surface area contributed by atoms with E-state index in [1.165, 1.54) is 0 Å². The van der Waals surface area contributed by atoms with E-state index in [0.29, 0.717) is 17.9 Å². The molecule has 0 radical (unpaired) electrons.